The van der Waals surface area contributed by atoms with Gasteiger partial charge < -0.3 is 4.74 Å². The summed E-state index contributed by atoms with van der Waals surface area (Å²) >= 11 is 0. The van der Waals surface area contributed by atoms with E-state index in [4.69, 9.17) is 4.74 Å². The van der Waals surface area contributed by atoms with Gasteiger partial charge in [0.05, 0.1) is 6.21 Å². The lowest BCUT2D eigenvalue weighted by Crippen LogP contribution is -2.24. The minimum atomic E-state index is -0.282. The number of hydrogen-bond acceptors (Lipinski definition) is 3. The maximum atomic E-state index is 11.8. The summed E-state index contributed by atoms with van der Waals surface area (Å²) in [5.74, 6) is 0.455. The molecule has 0 spiro atoms. The van der Waals surface area contributed by atoms with Crippen LogP contribution < -0.4 is 10.2 Å². The number of benzene rings is 2. The van der Waals surface area contributed by atoms with Crippen molar-refractivity contribution in [2.75, 3.05) is 6.61 Å². The Morgan fingerprint density at radius 2 is 1.88 bits per heavy atom. The fourth-order valence-corrected chi connectivity index (χ4v) is 2.34. The third-order valence-electron chi connectivity index (χ3n) is 3.91. The van der Waals surface area contributed by atoms with E-state index in [0.29, 0.717) is 0 Å². The summed E-state index contributed by atoms with van der Waals surface area (Å²) in [4.78, 5) is 11.8. The average molecular weight is 324 g/mol. The Morgan fingerprint density at radius 1 is 1.17 bits per heavy atom. The molecule has 2 rings (SSSR count). The molecule has 0 saturated heterocycles. The summed E-state index contributed by atoms with van der Waals surface area (Å²) < 4.78 is 5.61. The van der Waals surface area contributed by atoms with Crippen molar-refractivity contribution in [2.24, 2.45) is 5.10 Å². The standard InChI is InChI=1S/C20H24N2O2/c1-5-17-6-8-18(9-7-17)12-21-22-20(23)13-24-19-11-14(2)10-15(3)16(19)4/h6-12H,5,13H2,1-4H3,(H,22,23)/b21-12+. The first-order chi connectivity index (χ1) is 11.5. The number of hydrazone groups is 1. The van der Waals surface area contributed by atoms with Crippen molar-refractivity contribution >= 4 is 12.1 Å². The number of nitrogens with zero attached hydrogens (tertiary/aromatic N) is 1. The molecule has 4 nitrogen and oxygen atoms in total. The molecule has 0 aliphatic heterocycles. The van der Waals surface area contributed by atoms with Gasteiger partial charge in [0.1, 0.15) is 5.75 Å². The number of hydrogen-bond donors (Lipinski definition) is 1. The molecule has 2 aromatic carbocycles. The van der Waals surface area contributed by atoms with Crippen molar-refractivity contribution in [3.63, 3.8) is 0 Å². The van der Waals surface area contributed by atoms with Crippen LogP contribution in [0.4, 0.5) is 0 Å². The van der Waals surface area contributed by atoms with E-state index in [-0.39, 0.29) is 12.5 Å². The Kier molecular flexibility index (Phi) is 6.13. The summed E-state index contributed by atoms with van der Waals surface area (Å²) in [7, 11) is 0. The highest BCUT2D eigenvalue weighted by atomic mass is 16.5. The minimum Gasteiger partial charge on any atom is -0.483 e. The molecule has 0 saturated carbocycles. The van der Waals surface area contributed by atoms with Gasteiger partial charge in [-0.05, 0) is 61.1 Å². The third kappa shape index (κ3) is 4.95. The Bertz CT molecular complexity index is 734. The maximum Gasteiger partial charge on any atom is 0.277 e. The zero-order chi connectivity index (χ0) is 17.5. The normalized spacial score (nSPS) is 10.8. The smallest absolute Gasteiger partial charge is 0.277 e. The van der Waals surface area contributed by atoms with Crippen LogP contribution in [0.1, 0.15) is 34.7 Å². The van der Waals surface area contributed by atoms with E-state index in [1.165, 1.54) is 5.56 Å². The van der Waals surface area contributed by atoms with E-state index in [1.807, 2.05) is 39.0 Å². The van der Waals surface area contributed by atoms with Crippen molar-refractivity contribution < 1.29 is 9.53 Å². The number of ether oxygens (including phenoxy) is 1. The van der Waals surface area contributed by atoms with Gasteiger partial charge in [0.25, 0.3) is 5.91 Å². The minimum absolute atomic E-state index is 0.0597. The zero-order valence-corrected chi connectivity index (χ0v) is 14.7. The molecule has 1 amide bonds. The van der Waals surface area contributed by atoms with Crippen LogP contribution in [0.15, 0.2) is 41.5 Å². The number of amides is 1. The van der Waals surface area contributed by atoms with Crippen LogP contribution in [0.5, 0.6) is 5.75 Å². The average Bonchev–Trinajstić information content (AvgIpc) is 2.57. The fraction of sp³-hybridized carbons (Fsp3) is 0.300. The molecule has 0 heterocycles. The molecule has 126 valence electrons. The largest absolute Gasteiger partial charge is 0.483 e. The lowest BCUT2D eigenvalue weighted by molar-refractivity contribution is -0.123. The molecule has 0 aliphatic rings. The van der Waals surface area contributed by atoms with Gasteiger partial charge in [-0.25, -0.2) is 5.43 Å². The highest BCUT2D eigenvalue weighted by Crippen LogP contribution is 2.23. The zero-order valence-electron chi connectivity index (χ0n) is 14.7. The maximum absolute atomic E-state index is 11.8. The monoisotopic (exact) mass is 324 g/mol. The molecule has 2 aromatic rings. The van der Waals surface area contributed by atoms with Crippen molar-refractivity contribution in [1.82, 2.24) is 5.43 Å². The van der Waals surface area contributed by atoms with E-state index in [0.717, 1.165) is 34.4 Å². The number of carbonyl (C=O) groups is 1. The van der Waals surface area contributed by atoms with E-state index in [9.17, 15) is 4.79 Å². The van der Waals surface area contributed by atoms with E-state index >= 15 is 0 Å². The first-order valence-electron chi connectivity index (χ1n) is 8.11. The van der Waals surface area contributed by atoms with Crippen LogP contribution in [-0.4, -0.2) is 18.7 Å². The van der Waals surface area contributed by atoms with Crippen molar-refractivity contribution in [1.29, 1.82) is 0 Å². The number of aryl methyl sites for hydroxylation is 3. The van der Waals surface area contributed by atoms with E-state index in [2.05, 4.69) is 35.7 Å². The summed E-state index contributed by atoms with van der Waals surface area (Å²) in [5.41, 5.74) is 8.01. The Labute approximate surface area is 143 Å². The first kappa shape index (κ1) is 17.7. The highest BCUT2D eigenvalue weighted by molar-refractivity contribution is 5.82. The van der Waals surface area contributed by atoms with Crippen LogP contribution in [0, 0.1) is 20.8 Å². The molecule has 0 bridgehead atoms. The van der Waals surface area contributed by atoms with Gasteiger partial charge in [-0.2, -0.15) is 5.10 Å². The number of rotatable bonds is 6. The Morgan fingerprint density at radius 3 is 2.54 bits per heavy atom. The SMILES string of the molecule is CCc1ccc(/C=N/NC(=O)COc2cc(C)cc(C)c2C)cc1. The lowest BCUT2D eigenvalue weighted by Gasteiger charge is -2.11. The molecule has 0 aromatic heterocycles. The van der Waals surface area contributed by atoms with Crippen LogP contribution in [0.3, 0.4) is 0 Å². The van der Waals surface area contributed by atoms with Gasteiger partial charge in [0.15, 0.2) is 6.61 Å². The third-order valence-corrected chi connectivity index (χ3v) is 3.91. The molecule has 0 fully saturated rings. The fourth-order valence-electron chi connectivity index (χ4n) is 2.34. The summed E-state index contributed by atoms with van der Waals surface area (Å²) in [6.07, 6.45) is 2.63. The first-order valence-corrected chi connectivity index (χ1v) is 8.11. The molecule has 1 N–H and O–H groups in total. The Balaban J connectivity index is 1.86. The van der Waals surface area contributed by atoms with Crippen LogP contribution in [0.25, 0.3) is 0 Å². The predicted molar refractivity (Wildman–Crippen MR) is 97.7 cm³/mol. The van der Waals surface area contributed by atoms with Gasteiger partial charge in [-0.3, -0.25) is 4.79 Å². The van der Waals surface area contributed by atoms with Crippen LogP contribution >= 0.6 is 0 Å². The van der Waals surface area contributed by atoms with Crippen LogP contribution in [0.2, 0.25) is 0 Å². The summed E-state index contributed by atoms with van der Waals surface area (Å²) in [5, 5.41) is 3.96. The van der Waals surface area contributed by atoms with Gasteiger partial charge in [-0.15, -0.1) is 0 Å². The molecule has 0 aliphatic carbocycles. The summed E-state index contributed by atoms with van der Waals surface area (Å²) in [6.45, 7) is 8.08. The quantitative estimate of drug-likeness (QED) is 0.650. The second kappa shape index (κ2) is 8.29. The highest BCUT2D eigenvalue weighted by Gasteiger charge is 2.06. The van der Waals surface area contributed by atoms with Crippen molar-refractivity contribution in [2.45, 2.75) is 34.1 Å². The summed E-state index contributed by atoms with van der Waals surface area (Å²) in [6, 6.07) is 12.1. The van der Waals surface area contributed by atoms with Gasteiger partial charge >= 0.3 is 0 Å². The van der Waals surface area contributed by atoms with Crippen LogP contribution in [-0.2, 0) is 11.2 Å². The van der Waals surface area contributed by atoms with Crippen molar-refractivity contribution in [3.8, 4) is 5.75 Å². The number of carbonyl (C=O) groups excluding carboxylic acids is 1. The molecule has 0 atom stereocenters. The van der Waals surface area contributed by atoms with E-state index in [1.54, 1.807) is 6.21 Å². The number of nitrogens with one attached hydrogen (secondary N) is 1. The van der Waals surface area contributed by atoms with Gasteiger partial charge in [0, 0.05) is 0 Å². The molecule has 24 heavy (non-hydrogen) atoms. The van der Waals surface area contributed by atoms with E-state index < -0.39 is 0 Å². The molecular weight excluding hydrogens is 300 g/mol. The molecule has 0 unspecified atom stereocenters. The molecular formula is C20H24N2O2. The lowest BCUT2D eigenvalue weighted by atomic mass is 10.1. The van der Waals surface area contributed by atoms with Gasteiger partial charge in [0.2, 0.25) is 0 Å². The molecule has 0 radical (unpaired) electrons. The second-order valence-corrected chi connectivity index (χ2v) is 5.88. The second-order valence-electron chi connectivity index (χ2n) is 5.88. The van der Waals surface area contributed by atoms with Gasteiger partial charge in [-0.1, -0.05) is 37.3 Å². The van der Waals surface area contributed by atoms with Crippen molar-refractivity contribution in [3.05, 3.63) is 64.2 Å². The Hall–Kier alpha value is -2.62. The predicted octanol–water partition coefficient (Wildman–Crippen LogP) is 3.70. The topological polar surface area (TPSA) is 50.7 Å². The molecule has 4 heteroatoms.